The maximum Gasteiger partial charge on any atom is 0.123 e. The zero-order chi connectivity index (χ0) is 13.9. The van der Waals surface area contributed by atoms with Crippen molar-refractivity contribution in [1.82, 2.24) is 5.32 Å². The first kappa shape index (κ1) is 14.8. The van der Waals surface area contributed by atoms with Crippen LogP contribution in [0.5, 0.6) is 5.75 Å². The van der Waals surface area contributed by atoms with Crippen molar-refractivity contribution in [3.8, 4) is 5.75 Å². The Morgan fingerprint density at radius 3 is 3.05 bits per heavy atom. The van der Waals surface area contributed by atoms with Crippen LogP contribution in [0, 0.1) is 0 Å². The Labute approximate surface area is 123 Å². The third kappa shape index (κ3) is 4.20. The number of hydrogen-bond acceptors (Lipinski definition) is 3. The molecule has 0 aromatic heterocycles. The van der Waals surface area contributed by atoms with E-state index < -0.39 is 5.60 Å². The van der Waals surface area contributed by atoms with Gasteiger partial charge in [-0.1, -0.05) is 29.3 Å². The molecule has 106 valence electrons. The van der Waals surface area contributed by atoms with Gasteiger partial charge >= 0.3 is 0 Å². The first-order valence-corrected chi connectivity index (χ1v) is 7.67. The normalized spacial score (nSPS) is 20.7. The van der Waals surface area contributed by atoms with E-state index >= 15 is 0 Å². The summed E-state index contributed by atoms with van der Waals surface area (Å²) in [5.41, 5.74) is 0.630. The van der Waals surface area contributed by atoms with Crippen LogP contribution in [0.25, 0.3) is 0 Å². The fraction of sp³-hybridized carbons (Fsp3) is 0.600. The van der Waals surface area contributed by atoms with E-state index in [1.165, 1.54) is 5.56 Å². The molecule has 1 aromatic rings. The zero-order valence-corrected chi connectivity index (χ0v) is 13.2. The number of fused-ring (bicyclic) bond motifs is 1. The molecular formula is C15H22BrNO2. The van der Waals surface area contributed by atoms with Crippen molar-refractivity contribution < 1.29 is 9.84 Å². The fourth-order valence-corrected chi connectivity index (χ4v) is 2.94. The SMILES string of the molecule is CCCC(C)(O)CNCC1Cc2cc(Br)ccc2O1. The number of aliphatic hydroxyl groups is 1. The second kappa shape index (κ2) is 6.25. The van der Waals surface area contributed by atoms with Crippen LogP contribution >= 0.6 is 15.9 Å². The summed E-state index contributed by atoms with van der Waals surface area (Å²) in [5, 5.41) is 13.4. The molecule has 3 nitrogen and oxygen atoms in total. The van der Waals surface area contributed by atoms with Gasteiger partial charge in [0, 0.05) is 24.0 Å². The molecule has 0 amide bonds. The van der Waals surface area contributed by atoms with E-state index in [0.717, 1.165) is 36.0 Å². The molecule has 0 radical (unpaired) electrons. The molecule has 2 rings (SSSR count). The lowest BCUT2D eigenvalue weighted by molar-refractivity contribution is 0.0478. The summed E-state index contributed by atoms with van der Waals surface area (Å²) in [5.74, 6) is 0.982. The number of nitrogens with one attached hydrogen (secondary N) is 1. The summed E-state index contributed by atoms with van der Waals surface area (Å²) in [6.07, 6.45) is 2.91. The highest BCUT2D eigenvalue weighted by molar-refractivity contribution is 9.10. The Kier molecular flexibility index (Phi) is 4.87. The molecule has 19 heavy (non-hydrogen) atoms. The summed E-state index contributed by atoms with van der Waals surface area (Å²) in [7, 11) is 0. The lowest BCUT2D eigenvalue weighted by Gasteiger charge is -2.24. The van der Waals surface area contributed by atoms with E-state index in [-0.39, 0.29) is 6.10 Å². The van der Waals surface area contributed by atoms with Gasteiger partial charge in [-0.2, -0.15) is 0 Å². The van der Waals surface area contributed by atoms with Gasteiger partial charge in [-0.05, 0) is 37.1 Å². The van der Waals surface area contributed by atoms with E-state index in [1.807, 2.05) is 19.1 Å². The van der Waals surface area contributed by atoms with E-state index in [4.69, 9.17) is 4.74 Å². The zero-order valence-electron chi connectivity index (χ0n) is 11.6. The minimum atomic E-state index is -0.622. The number of ether oxygens (including phenoxy) is 1. The lowest BCUT2D eigenvalue weighted by Crippen LogP contribution is -2.41. The molecular weight excluding hydrogens is 306 g/mol. The Morgan fingerprint density at radius 2 is 2.32 bits per heavy atom. The average Bonchev–Trinajstić information content (AvgIpc) is 2.70. The van der Waals surface area contributed by atoms with Crippen molar-refractivity contribution in [3.63, 3.8) is 0 Å². The molecule has 1 heterocycles. The molecule has 0 fully saturated rings. The second-order valence-electron chi connectivity index (χ2n) is 5.57. The van der Waals surface area contributed by atoms with Gasteiger partial charge in [-0.15, -0.1) is 0 Å². The summed E-state index contributed by atoms with van der Waals surface area (Å²) in [6, 6.07) is 6.12. The quantitative estimate of drug-likeness (QED) is 0.844. The maximum atomic E-state index is 10.1. The smallest absolute Gasteiger partial charge is 0.123 e. The number of halogens is 1. The van der Waals surface area contributed by atoms with Gasteiger partial charge in [0.2, 0.25) is 0 Å². The molecule has 2 atom stereocenters. The summed E-state index contributed by atoms with van der Waals surface area (Å²) >= 11 is 3.48. The summed E-state index contributed by atoms with van der Waals surface area (Å²) < 4.78 is 6.96. The summed E-state index contributed by atoms with van der Waals surface area (Å²) in [6.45, 7) is 5.35. The molecule has 2 N–H and O–H groups in total. The number of benzene rings is 1. The van der Waals surface area contributed by atoms with Gasteiger partial charge in [0.15, 0.2) is 0 Å². The third-order valence-corrected chi connectivity index (χ3v) is 3.92. The predicted octanol–water partition coefficient (Wildman–Crippen LogP) is 2.89. The average molecular weight is 328 g/mol. The maximum absolute atomic E-state index is 10.1. The molecule has 1 aromatic carbocycles. The topological polar surface area (TPSA) is 41.5 Å². The first-order chi connectivity index (χ1) is 9.00. The molecule has 0 bridgehead atoms. The third-order valence-electron chi connectivity index (χ3n) is 3.43. The molecule has 0 saturated carbocycles. The highest BCUT2D eigenvalue weighted by Crippen LogP contribution is 2.30. The Hall–Kier alpha value is -0.580. The van der Waals surface area contributed by atoms with Gasteiger partial charge in [0.1, 0.15) is 11.9 Å². The van der Waals surface area contributed by atoms with Crippen LogP contribution in [0.4, 0.5) is 0 Å². The van der Waals surface area contributed by atoms with Crippen LogP contribution in [0.2, 0.25) is 0 Å². The molecule has 2 unspecified atom stereocenters. The van der Waals surface area contributed by atoms with Crippen LogP contribution in [0.15, 0.2) is 22.7 Å². The second-order valence-corrected chi connectivity index (χ2v) is 6.49. The van der Waals surface area contributed by atoms with E-state index in [1.54, 1.807) is 0 Å². The van der Waals surface area contributed by atoms with Gasteiger partial charge in [-0.3, -0.25) is 0 Å². The Morgan fingerprint density at radius 1 is 1.53 bits per heavy atom. The molecule has 0 spiro atoms. The van der Waals surface area contributed by atoms with Crippen LogP contribution in [0.1, 0.15) is 32.3 Å². The van der Waals surface area contributed by atoms with Crippen molar-refractivity contribution in [2.45, 2.75) is 44.8 Å². The monoisotopic (exact) mass is 327 g/mol. The number of hydrogen-bond donors (Lipinski definition) is 2. The van der Waals surface area contributed by atoms with Crippen LogP contribution in [-0.4, -0.2) is 29.9 Å². The molecule has 0 saturated heterocycles. The van der Waals surface area contributed by atoms with Crippen LogP contribution in [0.3, 0.4) is 0 Å². The highest BCUT2D eigenvalue weighted by Gasteiger charge is 2.24. The first-order valence-electron chi connectivity index (χ1n) is 6.88. The van der Waals surface area contributed by atoms with Crippen LogP contribution < -0.4 is 10.1 Å². The van der Waals surface area contributed by atoms with Gasteiger partial charge in [-0.25, -0.2) is 0 Å². The van der Waals surface area contributed by atoms with E-state index in [2.05, 4.69) is 34.2 Å². The molecule has 0 aliphatic carbocycles. The predicted molar refractivity (Wildman–Crippen MR) is 80.7 cm³/mol. The van der Waals surface area contributed by atoms with Crippen molar-refractivity contribution in [3.05, 3.63) is 28.2 Å². The van der Waals surface area contributed by atoms with E-state index in [9.17, 15) is 5.11 Å². The molecule has 1 aliphatic heterocycles. The summed E-state index contributed by atoms with van der Waals surface area (Å²) in [4.78, 5) is 0. The minimum absolute atomic E-state index is 0.168. The highest BCUT2D eigenvalue weighted by atomic mass is 79.9. The standard InChI is InChI=1S/C15H22BrNO2/c1-3-6-15(2,18)10-17-9-13-8-11-7-12(16)4-5-14(11)19-13/h4-5,7,13,17-18H,3,6,8-10H2,1-2H3. The number of rotatable bonds is 6. The lowest BCUT2D eigenvalue weighted by atomic mass is 10.0. The molecule has 1 aliphatic rings. The molecule has 4 heteroatoms. The Balaban J connectivity index is 1.78. The Bertz CT molecular complexity index is 434. The van der Waals surface area contributed by atoms with Crippen molar-refractivity contribution >= 4 is 15.9 Å². The van der Waals surface area contributed by atoms with E-state index in [0.29, 0.717) is 6.54 Å². The van der Waals surface area contributed by atoms with Gasteiger partial charge < -0.3 is 15.2 Å². The van der Waals surface area contributed by atoms with Gasteiger partial charge in [0.25, 0.3) is 0 Å². The largest absolute Gasteiger partial charge is 0.488 e. The van der Waals surface area contributed by atoms with Crippen molar-refractivity contribution in [1.29, 1.82) is 0 Å². The van der Waals surface area contributed by atoms with Crippen molar-refractivity contribution in [2.75, 3.05) is 13.1 Å². The van der Waals surface area contributed by atoms with Crippen molar-refractivity contribution in [2.24, 2.45) is 0 Å². The van der Waals surface area contributed by atoms with Gasteiger partial charge in [0.05, 0.1) is 5.60 Å². The van der Waals surface area contributed by atoms with Crippen LogP contribution in [-0.2, 0) is 6.42 Å². The fourth-order valence-electron chi connectivity index (χ4n) is 2.53. The minimum Gasteiger partial charge on any atom is -0.488 e.